The molecule has 0 heterocycles. The van der Waals surface area contributed by atoms with Gasteiger partial charge in [-0.3, -0.25) is 10.3 Å². The predicted molar refractivity (Wildman–Crippen MR) is 95.1 cm³/mol. The predicted octanol–water partition coefficient (Wildman–Crippen LogP) is 3.69. The Bertz CT molecular complexity index is 716. The van der Waals surface area contributed by atoms with Crippen LogP contribution in [0.2, 0.25) is 0 Å². The minimum absolute atomic E-state index is 0.330. The first-order chi connectivity index (χ1) is 11.7. The Morgan fingerprint density at radius 3 is 2.58 bits per heavy atom. The number of ether oxygens (including phenoxy) is 2. The van der Waals surface area contributed by atoms with Crippen molar-refractivity contribution < 1.29 is 19.1 Å². The fourth-order valence-electron chi connectivity index (χ4n) is 2.00. The van der Waals surface area contributed by atoms with Gasteiger partial charge in [0, 0.05) is 6.20 Å². The highest BCUT2D eigenvalue weighted by Crippen LogP contribution is 2.28. The van der Waals surface area contributed by atoms with Crippen molar-refractivity contribution in [2.24, 2.45) is 0 Å². The van der Waals surface area contributed by atoms with Crippen LogP contribution in [0.1, 0.15) is 11.1 Å². The van der Waals surface area contributed by atoms with Crippen LogP contribution in [0.25, 0.3) is 5.57 Å². The molecule has 0 saturated carbocycles. The molecule has 0 radical (unpaired) electrons. The summed E-state index contributed by atoms with van der Waals surface area (Å²) in [7, 11) is 2.89. The van der Waals surface area contributed by atoms with Gasteiger partial charge in [-0.05, 0) is 39.2 Å². The molecule has 24 heavy (non-hydrogen) atoms. The van der Waals surface area contributed by atoms with Crippen LogP contribution in [0.3, 0.4) is 0 Å². The summed E-state index contributed by atoms with van der Waals surface area (Å²) in [6, 6.07) is 15.0. The zero-order valence-corrected chi connectivity index (χ0v) is 15.0. The van der Waals surface area contributed by atoms with E-state index in [9.17, 15) is 4.79 Å². The third-order valence-electron chi connectivity index (χ3n) is 3.24. The van der Waals surface area contributed by atoms with Gasteiger partial charge in [-0.2, -0.15) is 0 Å². The number of carbonyl (C=O) groups excluding carboxylic acids is 1. The Hall–Kier alpha value is -2.31. The molecule has 126 valence electrons. The molecule has 0 aliphatic rings. The number of rotatable bonds is 7. The molecular weight excluding hydrogens is 374 g/mol. The average molecular weight is 392 g/mol. The van der Waals surface area contributed by atoms with Crippen LogP contribution >= 0.6 is 15.9 Å². The molecule has 0 bridgehead atoms. The molecule has 0 amide bonds. The van der Waals surface area contributed by atoms with E-state index < -0.39 is 5.97 Å². The summed E-state index contributed by atoms with van der Waals surface area (Å²) in [6.07, 6.45) is 1.47. The van der Waals surface area contributed by atoms with Gasteiger partial charge in [0.2, 0.25) is 0 Å². The lowest BCUT2D eigenvalue weighted by atomic mass is 10.1. The number of benzene rings is 2. The first-order valence-electron chi connectivity index (χ1n) is 7.19. The van der Waals surface area contributed by atoms with Gasteiger partial charge in [0.15, 0.2) is 0 Å². The highest BCUT2D eigenvalue weighted by Gasteiger charge is 2.14. The molecule has 0 aliphatic heterocycles. The van der Waals surface area contributed by atoms with Crippen molar-refractivity contribution in [2.45, 2.75) is 6.61 Å². The van der Waals surface area contributed by atoms with E-state index in [1.165, 1.54) is 13.3 Å². The molecule has 0 aliphatic carbocycles. The lowest BCUT2D eigenvalue weighted by molar-refractivity contribution is -0.133. The van der Waals surface area contributed by atoms with E-state index >= 15 is 0 Å². The summed E-state index contributed by atoms with van der Waals surface area (Å²) >= 11 is 3.38. The molecule has 0 saturated heterocycles. The summed E-state index contributed by atoms with van der Waals surface area (Å²) < 4.78 is 10.9. The third-order valence-corrected chi connectivity index (χ3v) is 3.89. The van der Waals surface area contributed by atoms with Crippen LogP contribution in [0.15, 0.2) is 59.2 Å². The molecule has 0 aromatic heterocycles. The number of hydrogen-bond acceptors (Lipinski definition) is 5. The Kier molecular flexibility index (Phi) is 6.84. The molecule has 6 heteroatoms. The van der Waals surface area contributed by atoms with Crippen molar-refractivity contribution in [3.8, 4) is 5.75 Å². The SMILES string of the molecule is COC(=O)/C(=C\NOCc1ccccc1)c1ccc(Br)c(OC)c1. The van der Waals surface area contributed by atoms with Gasteiger partial charge in [-0.1, -0.05) is 36.4 Å². The normalized spacial score (nSPS) is 11.0. The van der Waals surface area contributed by atoms with E-state index in [0.29, 0.717) is 23.5 Å². The van der Waals surface area contributed by atoms with Gasteiger partial charge in [0.1, 0.15) is 5.75 Å². The zero-order valence-electron chi connectivity index (χ0n) is 13.4. The van der Waals surface area contributed by atoms with Crippen molar-refractivity contribution in [1.82, 2.24) is 5.48 Å². The standard InChI is InChI=1S/C18H18BrNO4/c1-22-17-10-14(8-9-16(17)19)15(18(21)23-2)11-20-24-12-13-6-4-3-5-7-13/h3-11,20H,12H2,1-2H3/b15-11-. The van der Waals surface area contributed by atoms with Crippen molar-refractivity contribution in [1.29, 1.82) is 0 Å². The minimum Gasteiger partial charge on any atom is -0.496 e. The average Bonchev–Trinajstić information content (AvgIpc) is 2.63. The first-order valence-corrected chi connectivity index (χ1v) is 7.98. The zero-order chi connectivity index (χ0) is 17.4. The van der Waals surface area contributed by atoms with Gasteiger partial charge in [-0.25, -0.2) is 4.79 Å². The number of nitrogens with one attached hydrogen (secondary N) is 1. The molecule has 2 rings (SSSR count). The molecule has 0 fully saturated rings. The van der Waals surface area contributed by atoms with E-state index in [-0.39, 0.29) is 0 Å². The first kappa shape index (κ1) is 18.0. The minimum atomic E-state index is -0.477. The van der Waals surface area contributed by atoms with E-state index in [1.807, 2.05) is 30.3 Å². The Balaban J connectivity index is 2.11. The number of esters is 1. The lowest BCUT2D eigenvalue weighted by Gasteiger charge is -2.10. The molecule has 0 atom stereocenters. The topological polar surface area (TPSA) is 56.8 Å². The Labute approximate surface area is 149 Å². The van der Waals surface area contributed by atoms with Gasteiger partial charge >= 0.3 is 5.97 Å². The maximum Gasteiger partial charge on any atom is 0.340 e. The summed E-state index contributed by atoms with van der Waals surface area (Å²) in [5.41, 5.74) is 4.68. The van der Waals surface area contributed by atoms with E-state index in [2.05, 4.69) is 21.4 Å². The summed E-state index contributed by atoms with van der Waals surface area (Å²) in [6.45, 7) is 0.370. The maximum absolute atomic E-state index is 12.0. The van der Waals surface area contributed by atoms with E-state index in [1.54, 1.807) is 25.3 Å². The molecule has 2 aromatic rings. The molecule has 1 N–H and O–H groups in total. The second-order valence-corrected chi connectivity index (χ2v) is 5.65. The van der Waals surface area contributed by atoms with Crippen LogP contribution in [-0.2, 0) is 21.0 Å². The number of hydrogen-bond donors (Lipinski definition) is 1. The monoisotopic (exact) mass is 391 g/mol. The smallest absolute Gasteiger partial charge is 0.340 e. The largest absolute Gasteiger partial charge is 0.496 e. The van der Waals surface area contributed by atoms with Crippen LogP contribution in [0, 0.1) is 0 Å². The molecule has 5 nitrogen and oxygen atoms in total. The van der Waals surface area contributed by atoms with Gasteiger partial charge < -0.3 is 9.47 Å². The molecule has 0 spiro atoms. The summed E-state index contributed by atoms with van der Waals surface area (Å²) in [4.78, 5) is 17.4. The van der Waals surface area contributed by atoms with Gasteiger partial charge in [0.25, 0.3) is 0 Å². The fourth-order valence-corrected chi connectivity index (χ4v) is 2.41. The Morgan fingerprint density at radius 2 is 1.92 bits per heavy atom. The van der Waals surface area contributed by atoms with Crippen molar-refractivity contribution >= 4 is 27.5 Å². The maximum atomic E-state index is 12.0. The van der Waals surface area contributed by atoms with Crippen LogP contribution in [0.4, 0.5) is 0 Å². The summed E-state index contributed by atoms with van der Waals surface area (Å²) in [5.74, 6) is 0.141. The van der Waals surface area contributed by atoms with Crippen LogP contribution < -0.4 is 10.2 Å². The third kappa shape index (κ3) is 4.84. The number of carbonyl (C=O) groups is 1. The fraction of sp³-hybridized carbons (Fsp3) is 0.167. The highest BCUT2D eigenvalue weighted by atomic mass is 79.9. The second kappa shape index (κ2) is 9.10. The van der Waals surface area contributed by atoms with E-state index in [0.717, 1.165) is 10.0 Å². The van der Waals surface area contributed by atoms with Crippen LogP contribution in [-0.4, -0.2) is 20.2 Å². The number of methoxy groups -OCH3 is 2. The van der Waals surface area contributed by atoms with Crippen molar-refractivity contribution in [3.63, 3.8) is 0 Å². The lowest BCUT2D eigenvalue weighted by Crippen LogP contribution is -2.12. The van der Waals surface area contributed by atoms with E-state index in [4.69, 9.17) is 14.3 Å². The molecule has 2 aromatic carbocycles. The van der Waals surface area contributed by atoms with Gasteiger partial charge in [0.05, 0.1) is 30.9 Å². The summed E-state index contributed by atoms with van der Waals surface area (Å²) in [5, 5.41) is 0. The number of halogens is 1. The number of hydroxylamine groups is 1. The second-order valence-electron chi connectivity index (χ2n) is 4.79. The molecule has 0 unspecified atom stereocenters. The van der Waals surface area contributed by atoms with Gasteiger partial charge in [-0.15, -0.1) is 0 Å². The Morgan fingerprint density at radius 1 is 1.17 bits per heavy atom. The van der Waals surface area contributed by atoms with Crippen molar-refractivity contribution in [2.75, 3.05) is 14.2 Å². The quantitative estimate of drug-likeness (QED) is 0.337. The highest BCUT2D eigenvalue weighted by molar-refractivity contribution is 9.10. The molecular formula is C18H18BrNO4. The van der Waals surface area contributed by atoms with Crippen LogP contribution in [0.5, 0.6) is 5.75 Å². The van der Waals surface area contributed by atoms with Crippen molar-refractivity contribution in [3.05, 3.63) is 70.3 Å².